The van der Waals surface area contributed by atoms with Crippen molar-refractivity contribution in [2.75, 3.05) is 0 Å². The lowest BCUT2D eigenvalue weighted by Gasteiger charge is -2.14. The number of hydrogen-bond donors (Lipinski definition) is 0. The highest BCUT2D eigenvalue weighted by Crippen LogP contribution is 2.36. The Balaban J connectivity index is 1.08. The van der Waals surface area contributed by atoms with Crippen molar-refractivity contribution in [3.05, 3.63) is 199 Å². The van der Waals surface area contributed by atoms with Gasteiger partial charge in [0, 0.05) is 18.2 Å². The van der Waals surface area contributed by atoms with Gasteiger partial charge in [0.05, 0.1) is 16.7 Å². The Morgan fingerprint density at radius 1 is 0.259 bits per heavy atom. The van der Waals surface area contributed by atoms with E-state index in [0.29, 0.717) is 68.4 Å². The van der Waals surface area contributed by atoms with E-state index in [1.165, 1.54) is 0 Å². The smallest absolute Gasteiger partial charge is 0.343 e. The maximum atomic E-state index is 12.7. The summed E-state index contributed by atoms with van der Waals surface area (Å²) in [6, 6.07) is 50.9. The molecule has 7 rings (SSSR count). The van der Waals surface area contributed by atoms with Gasteiger partial charge < -0.3 is 28.4 Å². The van der Waals surface area contributed by atoms with E-state index in [0.717, 1.165) is 0 Å². The van der Waals surface area contributed by atoms with E-state index in [2.05, 4.69) is 0 Å². The predicted molar refractivity (Wildman–Crippen MR) is 200 cm³/mol. The number of rotatable bonds is 12. The fraction of sp³-hybridized carbons (Fsp3) is 0. The molecule has 0 aliphatic heterocycles. The molecule has 9 nitrogen and oxygen atoms in total. The summed E-state index contributed by atoms with van der Waals surface area (Å²) < 4.78 is 34.8. The van der Waals surface area contributed by atoms with Crippen molar-refractivity contribution in [1.82, 2.24) is 0 Å². The summed E-state index contributed by atoms with van der Waals surface area (Å²) in [4.78, 5) is 38.0. The molecule has 0 amide bonds. The molecule has 0 aliphatic rings. The van der Waals surface area contributed by atoms with E-state index >= 15 is 0 Å². The topological polar surface area (TPSA) is 107 Å². The van der Waals surface area contributed by atoms with Gasteiger partial charge in [-0.3, -0.25) is 0 Å². The molecular formula is C45H30O9. The van der Waals surface area contributed by atoms with E-state index in [1.807, 2.05) is 18.2 Å². The first-order chi connectivity index (χ1) is 26.4. The number of esters is 3. The number of ether oxygens (including phenoxy) is 6. The molecular weight excluding hydrogens is 684 g/mol. The SMILES string of the molecule is O=C(Oc1ccccc1)c1ccc(Oc2cc(Oc3ccc(C(=O)Oc4ccccc4)cc3)cc(Oc3ccc(C(=O)Oc4ccccc4)cc3)c2)cc1. The molecule has 0 atom stereocenters. The summed E-state index contributed by atoms with van der Waals surface area (Å²) in [5.74, 6) is 2.25. The van der Waals surface area contributed by atoms with Crippen molar-refractivity contribution in [2.24, 2.45) is 0 Å². The van der Waals surface area contributed by atoms with E-state index < -0.39 is 17.9 Å². The van der Waals surface area contributed by atoms with Gasteiger partial charge in [-0.05, 0) is 109 Å². The van der Waals surface area contributed by atoms with Crippen LogP contribution in [0.15, 0.2) is 182 Å². The molecule has 9 heteroatoms. The van der Waals surface area contributed by atoms with Crippen molar-refractivity contribution in [1.29, 1.82) is 0 Å². The van der Waals surface area contributed by atoms with Crippen LogP contribution in [0.3, 0.4) is 0 Å². The molecule has 54 heavy (non-hydrogen) atoms. The predicted octanol–water partition coefficient (Wildman–Crippen LogP) is 10.7. The third-order valence-corrected chi connectivity index (χ3v) is 7.69. The molecule has 7 aromatic rings. The van der Waals surface area contributed by atoms with Gasteiger partial charge in [-0.2, -0.15) is 0 Å². The summed E-state index contributed by atoms with van der Waals surface area (Å²) in [6.45, 7) is 0. The Hall–Kier alpha value is -7.65. The first kappa shape index (κ1) is 34.8. The minimum atomic E-state index is -0.502. The third kappa shape index (κ3) is 9.36. The fourth-order valence-corrected chi connectivity index (χ4v) is 5.07. The van der Waals surface area contributed by atoms with Crippen molar-refractivity contribution in [2.45, 2.75) is 0 Å². The molecule has 0 bridgehead atoms. The second kappa shape index (κ2) is 16.6. The number of para-hydroxylation sites is 3. The quantitative estimate of drug-likeness (QED) is 0.0903. The average molecular weight is 715 g/mol. The lowest BCUT2D eigenvalue weighted by atomic mass is 10.2. The number of hydrogen-bond acceptors (Lipinski definition) is 9. The van der Waals surface area contributed by atoms with Crippen LogP contribution in [-0.2, 0) is 0 Å². The van der Waals surface area contributed by atoms with Crippen molar-refractivity contribution in [3.63, 3.8) is 0 Å². The van der Waals surface area contributed by atoms with E-state index in [1.54, 1.807) is 164 Å². The molecule has 0 N–H and O–H groups in total. The van der Waals surface area contributed by atoms with Crippen LogP contribution in [0.4, 0.5) is 0 Å². The van der Waals surface area contributed by atoms with Gasteiger partial charge in [0.1, 0.15) is 51.7 Å². The van der Waals surface area contributed by atoms with E-state index in [9.17, 15) is 14.4 Å². The fourth-order valence-electron chi connectivity index (χ4n) is 5.07. The second-order valence-corrected chi connectivity index (χ2v) is 11.6. The minimum Gasteiger partial charge on any atom is -0.457 e. The molecule has 0 spiro atoms. The van der Waals surface area contributed by atoms with Crippen LogP contribution in [0.2, 0.25) is 0 Å². The Morgan fingerprint density at radius 2 is 0.500 bits per heavy atom. The summed E-state index contributed by atoms with van der Waals surface area (Å²) in [5, 5.41) is 0. The molecule has 7 aromatic carbocycles. The highest BCUT2D eigenvalue weighted by atomic mass is 16.5. The Labute approximate surface area is 310 Å². The number of carbonyl (C=O) groups is 3. The first-order valence-corrected chi connectivity index (χ1v) is 16.7. The molecule has 0 saturated carbocycles. The molecule has 0 radical (unpaired) electrons. The monoisotopic (exact) mass is 714 g/mol. The summed E-state index contributed by atoms with van der Waals surface area (Å²) in [7, 11) is 0. The maximum Gasteiger partial charge on any atom is 0.343 e. The molecule has 0 aromatic heterocycles. The maximum absolute atomic E-state index is 12.7. The number of benzene rings is 7. The molecule has 0 heterocycles. The van der Waals surface area contributed by atoms with Crippen LogP contribution in [0.5, 0.6) is 51.7 Å². The minimum absolute atomic E-state index is 0.347. The van der Waals surface area contributed by atoms with Gasteiger partial charge in [0.2, 0.25) is 0 Å². The Morgan fingerprint density at radius 3 is 0.741 bits per heavy atom. The van der Waals surface area contributed by atoms with Gasteiger partial charge in [-0.15, -0.1) is 0 Å². The van der Waals surface area contributed by atoms with Crippen molar-refractivity contribution in [3.8, 4) is 51.7 Å². The van der Waals surface area contributed by atoms with E-state index in [-0.39, 0.29) is 0 Å². The molecule has 264 valence electrons. The zero-order valence-electron chi connectivity index (χ0n) is 28.5. The van der Waals surface area contributed by atoms with Crippen LogP contribution in [0, 0.1) is 0 Å². The lowest BCUT2D eigenvalue weighted by molar-refractivity contribution is 0.0725. The normalized spacial score (nSPS) is 10.4. The van der Waals surface area contributed by atoms with Gasteiger partial charge in [0.25, 0.3) is 0 Å². The van der Waals surface area contributed by atoms with Crippen LogP contribution < -0.4 is 28.4 Å². The van der Waals surface area contributed by atoms with E-state index in [4.69, 9.17) is 28.4 Å². The van der Waals surface area contributed by atoms with Gasteiger partial charge in [-0.25, -0.2) is 14.4 Å². The highest BCUT2D eigenvalue weighted by molar-refractivity contribution is 5.92. The third-order valence-electron chi connectivity index (χ3n) is 7.69. The standard InChI is InChI=1S/C45H30O9/c46-43(52-34-10-4-1-5-11-34)31-16-22-37(23-17-31)49-40-28-41(50-38-24-18-32(19-25-38)44(47)53-35-12-6-2-7-13-35)30-42(29-40)51-39-26-20-33(21-27-39)45(48)54-36-14-8-3-9-15-36/h1-30H. The second-order valence-electron chi connectivity index (χ2n) is 11.6. The van der Waals surface area contributed by atoms with Crippen LogP contribution in [0.1, 0.15) is 31.1 Å². The molecule has 0 unspecified atom stereocenters. The Kier molecular flexibility index (Phi) is 10.7. The zero-order valence-corrected chi connectivity index (χ0v) is 28.5. The van der Waals surface area contributed by atoms with Crippen LogP contribution >= 0.6 is 0 Å². The molecule has 0 fully saturated rings. The number of carbonyl (C=O) groups excluding carboxylic acids is 3. The molecule has 0 aliphatic carbocycles. The first-order valence-electron chi connectivity index (χ1n) is 16.7. The summed E-state index contributed by atoms with van der Waals surface area (Å²) in [5.41, 5.74) is 1.04. The zero-order chi connectivity index (χ0) is 37.1. The van der Waals surface area contributed by atoms with Crippen LogP contribution in [0.25, 0.3) is 0 Å². The van der Waals surface area contributed by atoms with Crippen molar-refractivity contribution >= 4 is 17.9 Å². The average Bonchev–Trinajstić information content (AvgIpc) is 3.20. The Bertz CT molecular complexity index is 2060. The summed E-state index contributed by atoms with van der Waals surface area (Å²) >= 11 is 0. The van der Waals surface area contributed by atoms with Gasteiger partial charge in [0.15, 0.2) is 0 Å². The van der Waals surface area contributed by atoms with Crippen LogP contribution in [-0.4, -0.2) is 17.9 Å². The van der Waals surface area contributed by atoms with Gasteiger partial charge in [-0.1, -0.05) is 54.6 Å². The highest BCUT2D eigenvalue weighted by Gasteiger charge is 2.14. The van der Waals surface area contributed by atoms with Gasteiger partial charge >= 0.3 is 17.9 Å². The summed E-state index contributed by atoms with van der Waals surface area (Å²) in [6.07, 6.45) is 0. The van der Waals surface area contributed by atoms with Crippen molar-refractivity contribution < 1.29 is 42.8 Å². The largest absolute Gasteiger partial charge is 0.457 e. The molecule has 0 saturated heterocycles. The lowest BCUT2D eigenvalue weighted by Crippen LogP contribution is -2.08.